The van der Waals surface area contributed by atoms with E-state index >= 15 is 0 Å². The molecule has 0 aromatic heterocycles. The summed E-state index contributed by atoms with van der Waals surface area (Å²) in [6.45, 7) is 0.527. The normalized spacial score (nSPS) is 26.0. The van der Waals surface area contributed by atoms with Crippen molar-refractivity contribution in [2.75, 3.05) is 13.6 Å². The first-order valence-electron chi connectivity index (χ1n) is 8.42. The van der Waals surface area contributed by atoms with E-state index in [1.54, 1.807) is 11.9 Å². The number of likely N-dealkylation sites (tertiary alicyclic amines) is 1. The molecule has 23 heavy (non-hydrogen) atoms. The Hall–Kier alpha value is -1.88. The number of piperidine rings is 1. The highest BCUT2D eigenvalue weighted by molar-refractivity contribution is 5.84. The van der Waals surface area contributed by atoms with E-state index in [2.05, 4.69) is 5.32 Å². The molecule has 2 aliphatic rings. The Morgan fingerprint density at radius 2 is 2.00 bits per heavy atom. The van der Waals surface area contributed by atoms with Crippen molar-refractivity contribution in [3.05, 3.63) is 35.9 Å². The molecule has 1 aliphatic carbocycles. The van der Waals surface area contributed by atoms with Crippen LogP contribution in [0.2, 0.25) is 0 Å². The Morgan fingerprint density at radius 1 is 1.30 bits per heavy atom. The van der Waals surface area contributed by atoms with Gasteiger partial charge in [-0.1, -0.05) is 30.3 Å². The maximum atomic E-state index is 12.7. The van der Waals surface area contributed by atoms with Gasteiger partial charge in [-0.15, -0.1) is 0 Å². The zero-order valence-corrected chi connectivity index (χ0v) is 13.6. The fourth-order valence-corrected chi connectivity index (χ4v) is 3.46. The van der Waals surface area contributed by atoms with Gasteiger partial charge >= 0.3 is 0 Å². The molecule has 2 fully saturated rings. The zero-order chi connectivity index (χ0) is 16.4. The van der Waals surface area contributed by atoms with E-state index in [-0.39, 0.29) is 29.8 Å². The van der Waals surface area contributed by atoms with Crippen molar-refractivity contribution in [2.24, 2.45) is 17.6 Å². The molecule has 0 spiro atoms. The molecule has 1 saturated carbocycles. The van der Waals surface area contributed by atoms with Crippen LogP contribution >= 0.6 is 0 Å². The van der Waals surface area contributed by atoms with Crippen LogP contribution in [0.1, 0.15) is 37.3 Å². The van der Waals surface area contributed by atoms with E-state index in [0.717, 1.165) is 5.56 Å². The van der Waals surface area contributed by atoms with Gasteiger partial charge in [-0.3, -0.25) is 9.59 Å². The Labute approximate surface area is 137 Å². The molecule has 2 amide bonds. The molecule has 1 aromatic carbocycles. The Kier molecular flexibility index (Phi) is 4.66. The molecular formula is C18H25N3O2. The van der Waals surface area contributed by atoms with Crippen LogP contribution in [0.15, 0.2) is 30.3 Å². The largest absolute Gasteiger partial charge is 0.354 e. The minimum atomic E-state index is -0.216. The van der Waals surface area contributed by atoms with E-state index in [9.17, 15) is 9.59 Å². The number of nitrogens with two attached hydrogens (primary N) is 1. The van der Waals surface area contributed by atoms with Gasteiger partial charge in [0.05, 0.1) is 12.0 Å². The fraction of sp³-hybridized carbons (Fsp3) is 0.556. The molecule has 0 radical (unpaired) electrons. The Morgan fingerprint density at radius 3 is 2.65 bits per heavy atom. The molecule has 5 heteroatoms. The fourth-order valence-electron chi connectivity index (χ4n) is 3.46. The van der Waals surface area contributed by atoms with Crippen LogP contribution in [0.3, 0.4) is 0 Å². The number of benzene rings is 1. The Bertz CT molecular complexity index is 571. The zero-order valence-electron chi connectivity index (χ0n) is 13.6. The van der Waals surface area contributed by atoms with E-state index in [1.807, 2.05) is 30.3 Å². The predicted molar refractivity (Wildman–Crippen MR) is 88.4 cm³/mol. The first kappa shape index (κ1) is 16.0. The van der Waals surface area contributed by atoms with E-state index < -0.39 is 0 Å². The SMILES string of the molecule is CN1C(=O)CCC(C(=O)NCC(N)C2CC2)C1c1ccccc1. The molecule has 3 rings (SSSR count). The average Bonchev–Trinajstić information content (AvgIpc) is 3.40. The van der Waals surface area contributed by atoms with Gasteiger partial charge < -0.3 is 16.0 Å². The van der Waals surface area contributed by atoms with Crippen LogP contribution in [0, 0.1) is 11.8 Å². The molecule has 5 nitrogen and oxygen atoms in total. The molecule has 1 saturated heterocycles. The average molecular weight is 315 g/mol. The van der Waals surface area contributed by atoms with Gasteiger partial charge in [-0.2, -0.15) is 0 Å². The highest BCUT2D eigenvalue weighted by Gasteiger charge is 2.39. The number of carbonyl (C=O) groups excluding carboxylic acids is 2. The lowest BCUT2D eigenvalue weighted by Crippen LogP contribution is -2.48. The van der Waals surface area contributed by atoms with Crippen molar-refractivity contribution in [3.8, 4) is 0 Å². The molecule has 1 aliphatic heterocycles. The third-order valence-corrected chi connectivity index (χ3v) is 5.08. The van der Waals surface area contributed by atoms with E-state index in [0.29, 0.717) is 25.3 Å². The maximum Gasteiger partial charge on any atom is 0.225 e. The highest BCUT2D eigenvalue weighted by Crippen LogP contribution is 2.36. The van der Waals surface area contributed by atoms with Crippen molar-refractivity contribution in [2.45, 2.75) is 37.8 Å². The van der Waals surface area contributed by atoms with Gasteiger partial charge in [0, 0.05) is 26.1 Å². The number of carbonyl (C=O) groups is 2. The number of nitrogens with one attached hydrogen (secondary N) is 1. The number of amides is 2. The standard InChI is InChI=1S/C18H25N3O2/c1-21-16(22)10-9-14(17(21)13-5-3-2-4-6-13)18(23)20-11-15(19)12-7-8-12/h2-6,12,14-15,17H,7-11,19H2,1H3,(H,20,23). The lowest BCUT2D eigenvalue weighted by molar-refractivity contribution is -0.141. The van der Waals surface area contributed by atoms with Crippen LogP contribution in [-0.4, -0.2) is 36.3 Å². The van der Waals surface area contributed by atoms with Crippen LogP contribution < -0.4 is 11.1 Å². The lowest BCUT2D eigenvalue weighted by atomic mass is 9.84. The van der Waals surface area contributed by atoms with Gasteiger partial charge in [0.25, 0.3) is 0 Å². The number of hydrogen-bond acceptors (Lipinski definition) is 3. The van der Waals surface area contributed by atoms with E-state index in [4.69, 9.17) is 5.73 Å². The number of hydrogen-bond donors (Lipinski definition) is 2. The number of rotatable bonds is 5. The first-order valence-corrected chi connectivity index (χ1v) is 8.42. The third kappa shape index (κ3) is 3.55. The minimum absolute atomic E-state index is 0.00861. The van der Waals surface area contributed by atoms with Gasteiger partial charge in [-0.05, 0) is 30.7 Å². The monoisotopic (exact) mass is 315 g/mol. The summed E-state index contributed by atoms with van der Waals surface area (Å²) in [7, 11) is 1.79. The second-order valence-corrected chi connectivity index (χ2v) is 6.75. The summed E-state index contributed by atoms with van der Waals surface area (Å²) < 4.78 is 0. The van der Waals surface area contributed by atoms with Gasteiger partial charge in [0.15, 0.2) is 0 Å². The summed E-state index contributed by atoms with van der Waals surface area (Å²) in [5, 5.41) is 3.01. The highest BCUT2D eigenvalue weighted by atomic mass is 16.2. The molecule has 124 valence electrons. The summed E-state index contributed by atoms with van der Waals surface area (Å²) in [5.74, 6) is 0.453. The van der Waals surface area contributed by atoms with Crippen molar-refractivity contribution < 1.29 is 9.59 Å². The van der Waals surface area contributed by atoms with Crippen LogP contribution in [0.25, 0.3) is 0 Å². The van der Waals surface area contributed by atoms with Gasteiger partial charge in [0.1, 0.15) is 0 Å². The number of nitrogens with zero attached hydrogens (tertiary/aromatic N) is 1. The van der Waals surface area contributed by atoms with Gasteiger partial charge in [-0.25, -0.2) is 0 Å². The third-order valence-electron chi connectivity index (χ3n) is 5.08. The molecule has 1 aromatic rings. The molecular weight excluding hydrogens is 290 g/mol. The van der Waals surface area contributed by atoms with E-state index in [1.165, 1.54) is 12.8 Å². The molecule has 3 unspecified atom stereocenters. The van der Waals surface area contributed by atoms with Crippen LogP contribution in [0.4, 0.5) is 0 Å². The van der Waals surface area contributed by atoms with Gasteiger partial charge in [0.2, 0.25) is 11.8 Å². The summed E-state index contributed by atoms with van der Waals surface area (Å²) in [5.41, 5.74) is 7.08. The molecule has 3 N–H and O–H groups in total. The smallest absolute Gasteiger partial charge is 0.225 e. The maximum absolute atomic E-state index is 12.7. The quantitative estimate of drug-likeness (QED) is 0.863. The van der Waals surface area contributed by atoms with Crippen molar-refractivity contribution >= 4 is 11.8 Å². The topological polar surface area (TPSA) is 75.4 Å². The second-order valence-electron chi connectivity index (χ2n) is 6.75. The summed E-state index contributed by atoms with van der Waals surface area (Å²) in [4.78, 5) is 26.5. The summed E-state index contributed by atoms with van der Waals surface area (Å²) in [6.07, 6.45) is 3.36. The van der Waals surface area contributed by atoms with Crippen molar-refractivity contribution in [3.63, 3.8) is 0 Å². The first-order chi connectivity index (χ1) is 11.1. The Balaban J connectivity index is 1.72. The van der Waals surface area contributed by atoms with Crippen molar-refractivity contribution in [1.82, 2.24) is 10.2 Å². The summed E-state index contributed by atoms with van der Waals surface area (Å²) in [6, 6.07) is 9.65. The minimum Gasteiger partial charge on any atom is -0.354 e. The summed E-state index contributed by atoms with van der Waals surface area (Å²) >= 11 is 0. The van der Waals surface area contributed by atoms with Crippen LogP contribution in [0.5, 0.6) is 0 Å². The molecule has 1 heterocycles. The molecule has 0 bridgehead atoms. The molecule has 3 atom stereocenters. The second kappa shape index (κ2) is 6.71. The predicted octanol–water partition coefficient (Wildman–Crippen LogP) is 1.45. The van der Waals surface area contributed by atoms with Crippen LogP contribution in [-0.2, 0) is 9.59 Å². The van der Waals surface area contributed by atoms with Crippen molar-refractivity contribution in [1.29, 1.82) is 0 Å². The lowest BCUT2D eigenvalue weighted by Gasteiger charge is -2.38.